The summed E-state index contributed by atoms with van der Waals surface area (Å²) in [6, 6.07) is 17.6. The molecule has 0 saturated heterocycles. The van der Waals surface area contributed by atoms with E-state index in [0.29, 0.717) is 0 Å². The first-order valence-electron chi connectivity index (χ1n) is 13.7. The van der Waals surface area contributed by atoms with Crippen LogP contribution in [0.15, 0.2) is 121 Å². The largest absolute Gasteiger partial charge is 0.457 e. The van der Waals surface area contributed by atoms with Crippen LogP contribution in [0.4, 0.5) is 0 Å². The average molecular weight is 517 g/mol. The molecule has 2 aromatic rings. The number of nitrogens with zero attached hydrogens (tertiary/aromatic N) is 1. The third-order valence-electron chi connectivity index (χ3n) is 7.00. The van der Waals surface area contributed by atoms with Crippen LogP contribution in [-0.4, -0.2) is 24.4 Å². The lowest BCUT2D eigenvalue weighted by molar-refractivity contribution is -0.462. The van der Waals surface area contributed by atoms with Crippen LogP contribution >= 0.6 is 0 Å². The fourth-order valence-electron chi connectivity index (χ4n) is 4.41. The molecule has 39 heavy (non-hydrogen) atoms. The summed E-state index contributed by atoms with van der Waals surface area (Å²) in [5.41, 5.74) is 8.61. The molecule has 0 fully saturated rings. The molecule has 0 spiro atoms. The second kappa shape index (κ2) is 11.5. The number of allylic oxidation sites excluding steroid dienone is 12. The molecule has 0 unspecified atom stereocenters. The molecule has 2 nitrogen and oxygen atoms in total. The fourth-order valence-corrected chi connectivity index (χ4v) is 4.41. The highest BCUT2D eigenvalue weighted by Gasteiger charge is 2.18. The Bertz CT molecular complexity index is 1430. The minimum Gasteiger partial charge on any atom is -0.457 e. The number of ether oxygens (including phenoxy) is 1. The SMILES string of the molecule is C[N+](C)=C1C=CC(=CC=CC=C2C=C(c3ccc(C(C)(C)C)cc3)C=C(c3ccc(C(C)(C)C)cc3)O2)C=C1. The molecule has 0 amide bonds. The Kier molecular flexibility index (Phi) is 8.25. The van der Waals surface area contributed by atoms with Crippen LogP contribution in [0.3, 0.4) is 0 Å². The second-order valence-electron chi connectivity index (χ2n) is 12.5. The number of benzene rings is 2. The van der Waals surface area contributed by atoms with Gasteiger partial charge in [-0.2, -0.15) is 0 Å². The van der Waals surface area contributed by atoms with Crippen molar-refractivity contribution < 1.29 is 9.31 Å². The van der Waals surface area contributed by atoms with Gasteiger partial charge in [0.25, 0.3) is 0 Å². The molecule has 1 aliphatic carbocycles. The molecule has 1 aliphatic heterocycles. The van der Waals surface area contributed by atoms with Crippen LogP contribution < -0.4 is 0 Å². The molecule has 0 aromatic heterocycles. The van der Waals surface area contributed by atoms with Gasteiger partial charge in [-0.1, -0.05) is 108 Å². The van der Waals surface area contributed by atoms with Crippen molar-refractivity contribution >= 4 is 17.0 Å². The quantitative estimate of drug-likeness (QED) is 0.369. The Morgan fingerprint density at radius 1 is 0.615 bits per heavy atom. The van der Waals surface area contributed by atoms with Gasteiger partial charge in [-0.15, -0.1) is 0 Å². The van der Waals surface area contributed by atoms with E-state index in [4.69, 9.17) is 4.74 Å². The first-order valence-corrected chi connectivity index (χ1v) is 13.7. The lowest BCUT2D eigenvalue weighted by Crippen LogP contribution is -2.11. The van der Waals surface area contributed by atoms with E-state index in [1.807, 2.05) is 12.2 Å². The van der Waals surface area contributed by atoms with Crippen LogP contribution in [-0.2, 0) is 15.6 Å². The summed E-state index contributed by atoms with van der Waals surface area (Å²) in [5.74, 6) is 1.67. The third kappa shape index (κ3) is 7.35. The van der Waals surface area contributed by atoms with Crippen molar-refractivity contribution in [3.8, 4) is 0 Å². The summed E-state index contributed by atoms with van der Waals surface area (Å²) < 4.78 is 8.50. The highest BCUT2D eigenvalue weighted by Crippen LogP contribution is 2.34. The number of rotatable bonds is 4. The molecule has 2 aromatic carbocycles. The van der Waals surface area contributed by atoms with Gasteiger partial charge in [0.05, 0.1) is 0 Å². The zero-order valence-corrected chi connectivity index (χ0v) is 24.7. The normalized spacial score (nSPS) is 16.9. The van der Waals surface area contributed by atoms with Gasteiger partial charge < -0.3 is 4.74 Å². The minimum absolute atomic E-state index is 0.110. The standard InChI is InChI=1S/C37H42NO/c1-36(2,3)31-19-15-28(16-20-31)30-25-34(12-10-9-11-27-13-23-33(24-14-27)38(7)8)39-35(26-30)29-17-21-32(22-18-29)37(4,5)6/h9-26H,1-8H3/q+1. The molecule has 0 bridgehead atoms. The van der Waals surface area contributed by atoms with Crippen molar-refractivity contribution in [2.24, 2.45) is 0 Å². The smallest absolute Gasteiger partial charge is 0.199 e. The Balaban J connectivity index is 1.64. The van der Waals surface area contributed by atoms with E-state index in [9.17, 15) is 0 Å². The molecular formula is C37H42NO+. The molecule has 2 aliphatic rings. The van der Waals surface area contributed by atoms with E-state index in [-0.39, 0.29) is 10.8 Å². The van der Waals surface area contributed by atoms with Crippen molar-refractivity contribution in [1.29, 1.82) is 0 Å². The van der Waals surface area contributed by atoms with Crippen molar-refractivity contribution in [3.05, 3.63) is 143 Å². The van der Waals surface area contributed by atoms with Crippen LogP contribution in [0.5, 0.6) is 0 Å². The lowest BCUT2D eigenvalue weighted by Gasteiger charge is -2.22. The summed E-state index contributed by atoms with van der Waals surface area (Å²) in [4.78, 5) is 0. The molecule has 0 saturated carbocycles. The van der Waals surface area contributed by atoms with Crippen molar-refractivity contribution in [2.45, 2.75) is 52.4 Å². The highest BCUT2D eigenvalue weighted by atomic mass is 16.5. The second-order valence-corrected chi connectivity index (χ2v) is 12.5. The van der Waals surface area contributed by atoms with Gasteiger partial charge in [-0.3, -0.25) is 0 Å². The van der Waals surface area contributed by atoms with Gasteiger partial charge in [-0.25, -0.2) is 4.58 Å². The zero-order chi connectivity index (χ0) is 28.2. The summed E-state index contributed by atoms with van der Waals surface area (Å²) in [6.45, 7) is 13.4. The first-order chi connectivity index (χ1) is 18.4. The van der Waals surface area contributed by atoms with Crippen LogP contribution in [0.25, 0.3) is 11.3 Å². The molecule has 0 N–H and O–H groups in total. The topological polar surface area (TPSA) is 12.2 Å². The third-order valence-corrected chi connectivity index (χ3v) is 7.00. The van der Waals surface area contributed by atoms with Gasteiger partial charge in [-0.05, 0) is 69.0 Å². The van der Waals surface area contributed by atoms with Gasteiger partial charge in [0, 0.05) is 17.7 Å². The van der Waals surface area contributed by atoms with Crippen LogP contribution in [0.2, 0.25) is 0 Å². The predicted octanol–water partition coefficient (Wildman–Crippen LogP) is 8.94. The van der Waals surface area contributed by atoms with Gasteiger partial charge in [0.1, 0.15) is 25.6 Å². The van der Waals surface area contributed by atoms with E-state index in [1.165, 1.54) is 22.4 Å². The van der Waals surface area contributed by atoms with Gasteiger partial charge in [0.2, 0.25) is 0 Å². The maximum atomic E-state index is 6.40. The van der Waals surface area contributed by atoms with Gasteiger partial charge in [0.15, 0.2) is 5.71 Å². The molecule has 200 valence electrons. The van der Waals surface area contributed by atoms with Crippen molar-refractivity contribution in [3.63, 3.8) is 0 Å². The maximum absolute atomic E-state index is 6.40. The fraction of sp³-hybridized carbons (Fsp3) is 0.270. The minimum atomic E-state index is 0.110. The predicted molar refractivity (Wildman–Crippen MR) is 168 cm³/mol. The van der Waals surface area contributed by atoms with Crippen molar-refractivity contribution in [2.75, 3.05) is 14.1 Å². The number of hydrogen-bond donors (Lipinski definition) is 0. The Morgan fingerprint density at radius 3 is 1.64 bits per heavy atom. The summed E-state index contributed by atoms with van der Waals surface area (Å²) in [6.07, 6.45) is 21.0. The van der Waals surface area contributed by atoms with E-state index in [1.54, 1.807) is 0 Å². The average Bonchev–Trinajstić information content (AvgIpc) is 2.90. The van der Waals surface area contributed by atoms with E-state index in [2.05, 4.69) is 157 Å². The highest BCUT2D eigenvalue weighted by molar-refractivity contribution is 6.02. The lowest BCUT2D eigenvalue weighted by atomic mass is 9.86. The molecule has 1 heterocycles. The maximum Gasteiger partial charge on any atom is 0.199 e. The molecule has 0 atom stereocenters. The van der Waals surface area contributed by atoms with E-state index < -0.39 is 0 Å². The van der Waals surface area contributed by atoms with Crippen molar-refractivity contribution in [1.82, 2.24) is 0 Å². The molecule has 0 radical (unpaired) electrons. The monoisotopic (exact) mass is 516 g/mol. The van der Waals surface area contributed by atoms with Crippen LogP contribution in [0, 0.1) is 0 Å². The van der Waals surface area contributed by atoms with Crippen LogP contribution in [0.1, 0.15) is 63.8 Å². The first kappa shape index (κ1) is 28.1. The molecular weight excluding hydrogens is 474 g/mol. The Morgan fingerprint density at radius 2 is 1.13 bits per heavy atom. The van der Waals surface area contributed by atoms with E-state index in [0.717, 1.165) is 28.2 Å². The molecule has 2 heteroatoms. The number of hydrogen-bond acceptors (Lipinski definition) is 1. The molecule has 4 rings (SSSR count). The zero-order valence-electron chi connectivity index (χ0n) is 24.7. The summed E-state index contributed by atoms with van der Waals surface area (Å²) >= 11 is 0. The summed E-state index contributed by atoms with van der Waals surface area (Å²) in [7, 11) is 4.11. The Labute approximate surface area is 235 Å². The van der Waals surface area contributed by atoms with Gasteiger partial charge >= 0.3 is 0 Å². The van der Waals surface area contributed by atoms with E-state index >= 15 is 0 Å². The Hall–Kier alpha value is -3.91. The summed E-state index contributed by atoms with van der Waals surface area (Å²) in [5, 5.41) is 0.